The Morgan fingerprint density at radius 2 is 0.545 bits per heavy atom. The maximum atomic E-state index is 2.31. The predicted octanol–water partition coefficient (Wildman–Crippen LogP) is 12.0. The summed E-state index contributed by atoms with van der Waals surface area (Å²) in [6.07, 6.45) is 12.9. The average Bonchev–Trinajstić information content (AvgIpc) is 3.09. The summed E-state index contributed by atoms with van der Waals surface area (Å²) in [7, 11) is 0. The van der Waals surface area contributed by atoms with Gasteiger partial charge in [0.05, 0.1) is 0 Å². The van der Waals surface area contributed by atoms with Crippen molar-refractivity contribution in [2.45, 2.75) is 6.92 Å². The van der Waals surface area contributed by atoms with Gasteiger partial charge in [0, 0.05) is 17.1 Å². The number of benzene rings is 6. The van der Waals surface area contributed by atoms with Gasteiger partial charge in [0.25, 0.3) is 0 Å². The van der Waals surface area contributed by atoms with Crippen LogP contribution in [0.1, 0.15) is 38.9 Å². The highest BCUT2D eigenvalue weighted by atomic mass is 15.1. The van der Waals surface area contributed by atoms with E-state index in [2.05, 4.69) is 194 Å². The molecule has 6 aromatic rings. The van der Waals surface area contributed by atoms with Gasteiger partial charge in [0.15, 0.2) is 0 Å². The topological polar surface area (TPSA) is 3.24 Å². The van der Waals surface area contributed by atoms with Crippen molar-refractivity contribution in [3.63, 3.8) is 0 Å². The molecule has 1 heteroatoms. The van der Waals surface area contributed by atoms with Gasteiger partial charge in [-0.05, 0) is 76.7 Å². The van der Waals surface area contributed by atoms with Crippen LogP contribution in [0.2, 0.25) is 0 Å². The Labute approximate surface area is 261 Å². The molecule has 0 bridgehead atoms. The van der Waals surface area contributed by atoms with Crippen molar-refractivity contribution in [3.8, 4) is 0 Å². The summed E-state index contributed by atoms with van der Waals surface area (Å²) in [5.41, 5.74) is 11.7. The number of rotatable bonds is 9. The van der Waals surface area contributed by atoms with Crippen LogP contribution in [0.15, 0.2) is 158 Å². The van der Waals surface area contributed by atoms with Gasteiger partial charge in [-0.3, -0.25) is 0 Å². The maximum Gasteiger partial charge on any atom is 0.0462 e. The lowest BCUT2D eigenvalue weighted by Crippen LogP contribution is -2.09. The molecule has 6 rings (SSSR count). The van der Waals surface area contributed by atoms with Gasteiger partial charge in [0.2, 0.25) is 0 Å². The SMILES string of the molecule is Cc1ccc(/C=C/c2ccc(N(c3ccc(/C=C/c4ccccc4)cc3)c3ccc(/C=C/c4ccccc4)cc3)cc2)cc1. The predicted molar refractivity (Wildman–Crippen MR) is 192 cm³/mol. The Morgan fingerprint density at radius 1 is 0.295 bits per heavy atom. The Morgan fingerprint density at radius 3 is 0.841 bits per heavy atom. The molecule has 0 saturated carbocycles. The first-order chi connectivity index (χ1) is 21.7. The summed E-state index contributed by atoms with van der Waals surface area (Å²) in [5, 5.41) is 0. The summed E-state index contributed by atoms with van der Waals surface area (Å²) < 4.78 is 0. The van der Waals surface area contributed by atoms with E-state index in [0.29, 0.717) is 0 Å². The molecule has 0 atom stereocenters. The fourth-order valence-corrected chi connectivity index (χ4v) is 5.03. The van der Waals surface area contributed by atoms with Gasteiger partial charge >= 0.3 is 0 Å². The van der Waals surface area contributed by atoms with Gasteiger partial charge < -0.3 is 4.90 Å². The van der Waals surface area contributed by atoms with E-state index in [9.17, 15) is 0 Å². The van der Waals surface area contributed by atoms with Crippen LogP contribution in [0.5, 0.6) is 0 Å². The van der Waals surface area contributed by atoms with Crippen LogP contribution in [0.3, 0.4) is 0 Å². The first-order valence-electron chi connectivity index (χ1n) is 15.0. The molecule has 44 heavy (non-hydrogen) atoms. The molecule has 0 radical (unpaired) electrons. The molecular formula is C43H35N. The second-order valence-corrected chi connectivity index (χ2v) is 10.8. The van der Waals surface area contributed by atoms with Crippen LogP contribution in [0.25, 0.3) is 36.5 Å². The Hall–Kier alpha value is -5.66. The molecule has 0 fully saturated rings. The Kier molecular flexibility index (Phi) is 9.06. The highest BCUT2D eigenvalue weighted by molar-refractivity contribution is 5.80. The van der Waals surface area contributed by atoms with Gasteiger partial charge in [-0.2, -0.15) is 0 Å². The minimum Gasteiger partial charge on any atom is -0.311 e. The van der Waals surface area contributed by atoms with E-state index in [1.54, 1.807) is 0 Å². The lowest BCUT2D eigenvalue weighted by Gasteiger charge is -2.26. The van der Waals surface area contributed by atoms with E-state index in [-0.39, 0.29) is 0 Å². The molecule has 0 amide bonds. The number of anilines is 3. The highest BCUT2D eigenvalue weighted by Gasteiger charge is 2.12. The molecule has 0 heterocycles. The molecular weight excluding hydrogens is 530 g/mol. The van der Waals surface area contributed by atoms with Gasteiger partial charge in [-0.1, -0.05) is 163 Å². The van der Waals surface area contributed by atoms with E-state index in [4.69, 9.17) is 0 Å². The third-order valence-electron chi connectivity index (χ3n) is 7.54. The van der Waals surface area contributed by atoms with Crippen molar-refractivity contribution in [1.29, 1.82) is 0 Å². The molecule has 0 spiro atoms. The molecule has 212 valence electrons. The number of nitrogens with zero attached hydrogens (tertiary/aromatic N) is 1. The van der Waals surface area contributed by atoms with Crippen LogP contribution >= 0.6 is 0 Å². The minimum atomic E-state index is 1.11. The molecule has 0 aliphatic rings. The zero-order valence-electron chi connectivity index (χ0n) is 24.9. The summed E-state index contributed by atoms with van der Waals surface area (Å²) in [6, 6.07) is 55.6. The maximum absolute atomic E-state index is 2.31. The third kappa shape index (κ3) is 7.59. The van der Waals surface area contributed by atoms with Crippen molar-refractivity contribution >= 4 is 53.5 Å². The summed E-state index contributed by atoms with van der Waals surface area (Å²) in [4.78, 5) is 2.31. The third-order valence-corrected chi connectivity index (χ3v) is 7.54. The van der Waals surface area contributed by atoms with Crippen LogP contribution in [-0.4, -0.2) is 0 Å². The average molecular weight is 566 g/mol. The van der Waals surface area contributed by atoms with Crippen molar-refractivity contribution in [2.24, 2.45) is 0 Å². The molecule has 0 aromatic heterocycles. The zero-order chi connectivity index (χ0) is 30.0. The second kappa shape index (κ2) is 14.0. The molecule has 0 aliphatic heterocycles. The van der Waals surface area contributed by atoms with Crippen LogP contribution in [0, 0.1) is 6.92 Å². The van der Waals surface area contributed by atoms with E-state index in [0.717, 1.165) is 33.8 Å². The molecule has 6 aromatic carbocycles. The minimum absolute atomic E-state index is 1.11. The van der Waals surface area contributed by atoms with E-state index < -0.39 is 0 Å². The summed E-state index contributed by atoms with van der Waals surface area (Å²) in [5.74, 6) is 0. The Balaban J connectivity index is 1.27. The van der Waals surface area contributed by atoms with Crippen molar-refractivity contribution < 1.29 is 0 Å². The number of aryl methyl sites for hydroxylation is 1. The quantitative estimate of drug-likeness (QED) is 0.158. The molecule has 0 saturated heterocycles. The van der Waals surface area contributed by atoms with Crippen molar-refractivity contribution in [1.82, 2.24) is 0 Å². The van der Waals surface area contributed by atoms with Crippen LogP contribution < -0.4 is 4.90 Å². The van der Waals surface area contributed by atoms with Crippen LogP contribution in [-0.2, 0) is 0 Å². The summed E-state index contributed by atoms with van der Waals surface area (Å²) >= 11 is 0. The fraction of sp³-hybridized carbons (Fsp3) is 0.0233. The van der Waals surface area contributed by atoms with E-state index >= 15 is 0 Å². The fourth-order valence-electron chi connectivity index (χ4n) is 5.03. The lowest BCUT2D eigenvalue weighted by atomic mass is 10.1. The van der Waals surface area contributed by atoms with Gasteiger partial charge in [-0.25, -0.2) is 0 Å². The Bertz CT molecular complexity index is 1750. The monoisotopic (exact) mass is 565 g/mol. The molecule has 1 nitrogen and oxygen atoms in total. The lowest BCUT2D eigenvalue weighted by molar-refractivity contribution is 1.28. The van der Waals surface area contributed by atoms with E-state index in [1.807, 2.05) is 12.1 Å². The molecule has 0 unspecified atom stereocenters. The highest BCUT2D eigenvalue weighted by Crippen LogP contribution is 2.35. The zero-order valence-corrected chi connectivity index (χ0v) is 24.9. The number of hydrogen-bond acceptors (Lipinski definition) is 1. The first kappa shape index (κ1) is 28.5. The van der Waals surface area contributed by atoms with Gasteiger partial charge in [0.1, 0.15) is 0 Å². The molecule has 0 aliphatic carbocycles. The standard InChI is InChI=1S/C43H35N/c1-34-12-14-37(15-13-34)20-21-40-26-32-43(33-27-40)44(41-28-22-38(23-29-41)18-16-35-8-4-2-5-9-35)42-30-24-39(25-31-42)19-17-36-10-6-3-7-11-36/h2-33H,1H3/b18-16+,19-17+,21-20+. The van der Waals surface area contributed by atoms with Gasteiger partial charge in [-0.15, -0.1) is 0 Å². The smallest absolute Gasteiger partial charge is 0.0462 e. The number of hydrogen-bond donors (Lipinski definition) is 0. The normalized spacial score (nSPS) is 11.5. The van der Waals surface area contributed by atoms with Crippen molar-refractivity contribution in [2.75, 3.05) is 4.90 Å². The summed E-state index contributed by atoms with van der Waals surface area (Å²) in [6.45, 7) is 2.11. The largest absolute Gasteiger partial charge is 0.311 e. The second-order valence-electron chi connectivity index (χ2n) is 10.8. The van der Waals surface area contributed by atoms with Crippen LogP contribution in [0.4, 0.5) is 17.1 Å². The molecule has 0 N–H and O–H groups in total. The first-order valence-corrected chi connectivity index (χ1v) is 15.0. The van der Waals surface area contributed by atoms with E-state index in [1.165, 1.54) is 22.3 Å². The van der Waals surface area contributed by atoms with Crippen molar-refractivity contribution in [3.05, 3.63) is 197 Å².